The zero-order chi connectivity index (χ0) is 14.7. The number of aromatic hydroxyl groups is 1. The summed E-state index contributed by atoms with van der Waals surface area (Å²) in [5.41, 5.74) is 3.75. The molecule has 0 bridgehead atoms. The SMILES string of the molecule is Cc1cc(=O)[nH]c(NN=Cc2cc(Br)c(O)c(Br)c2)n1. The molecule has 0 atom stereocenters. The van der Waals surface area contributed by atoms with Crippen molar-refractivity contribution < 1.29 is 5.11 Å². The van der Waals surface area contributed by atoms with Gasteiger partial charge >= 0.3 is 0 Å². The molecule has 0 radical (unpaired) electrons. The van der Waals surface area contributed by atoms with Gasteiger partial charge in [0.05, 0.1) is 15.2 Å². The van der Waals surface area contributed by atoms with Crippen LogP contribution in [0.1, 0.15) is 11.3 Å². The Bertz CT molecular complexity index is 705. The van der Waals surface area contributed by atoms with E-state index in [1.165, 1.54) is 12.3 Å². The first-order valence-electron chi connectivity index (χ1n) is 5.51. The van der Waals surface area contributed by atoms with E-state index in [0.29, 0.717) is 14.6 Å². The lowest BCUT2D eigenvalue weighted by Crippen LogP contribution is -2.10. The molecule has 0 unspecified atom stereocenters. The van der Waals surface area contributed by atoms with Crippen LogP contribution in [0.25, 0.3) is 0 Å². The molecule has 2 aromatic rings. The maximum Gasteiger partial charge on any atom is 0.252 e. The first-order chi connectivity index (χ1) is 9.45. The van der Waals surface area contributed by atoms with Crippen LogP contribution in [-0.4, -0.2) is 21.3 Å². The van der Waals surface area contributed by atoms with E-state index in [9.17, 15) is 9.90 Å². The van der Waals surface area contributed by atoms with Gasteiger partial charge < -0.3 is 5.11 Å². The van der Waals surface area contributed by atoms with Gasteiger partial charge in [0.2, 0.25) is 5.95 Å². The summed E-state index contributed by atoms with van der Waals surface area (Å²) in [6.07, 6.45) is 1.54. The molecule has 0 aliphatic carbocycles. The minimum Gasteiger partial charge on any atom is -0.506 e. The molecule has 1 aromatic heterocycles. The van der Waals surface area contributed by atoms with Crippen LogP contribution < -0.4 is 11.0 Å². The highest BCUT2D eigenvalue weighted by molar-refractivity contribution is 9.11. The van der Waals surface area contributed by atoms with Gasteiger partial charge in [0.25, 0.3) is 5.56 Å². The number of benzene rings is 1. The molecule has 0 fully saturated rings. The van der Waals surface area contributed by atoms with Crippen molar-refractivity contribution in [1.29, 1.82) is 0 Å². The number of phenolic OH excluding ortho intramolecular Hbond substituents is 1. The van der Waals surface area contributed by atoms with E-state index >= 15 is 0 Å². The average Bonchev–Trinajstić information content (AvgIpc) is 2.34. The van der Waals surface area contributed by atoms with E-state index in [4.69, 9.17) is 0 Å². The number of anilines is 1. The number of hydrazone groups is 1. The fourth-order valence-corrected chi connectivity index (χ4v) is 2.68. The van der Waals surface area contributed by atoms with E-state index < -0.39 is 0 Å². The second kappa shape index (κ2) is 6.19. The lowest BCUT2D eigenvalue weighted by molar-refractivity contribution is 0.468. The van der Waals surface area contributed by atoms with Crippen molar-refractivity contribution in [3.05, 3.63) is 48.8 Å². The predicted octanol–water partition coefficient (Wildman–Crippen LogP) is 2.75. The molecule has 3 N–H and O–H groups in total. The topological polar surface area (TPSA) is 90.4 Å². The van der Waals surface area contributed by atoms with Crippen LogP contribution >= 0.6 is 31.9 Å². The molecule has 1 heterocycles. The Morgan fingerprint density at radius 1 is 1.35 bits per heavy atom. The maximum absolute atomic E-state index is 11.2. The van der Waals surface area contributed by atoms with Gasteiger partial charge in [-0.15, -0.1) is 0 Å². The molecular formula is C12H10Br2N4O2. The fraction of sp³-hybridized carbons (Fsp3) is 0.0833. The maximum atomic E-state index is 11.2. The number of nitrogens with one attached hydrogen (secondary N) is 2. The van der Waals surface area contributed by atoms with Gasteiger partial charge in [-0.3, -0.25) is 9.78 Å². The quantitative estimate of drug-likeness (QED) is 0.544. The molecule has 2 rings (SSSR count). The van der Waals surface area contributed by atoms with Crippen molar-refractivity contribution in [3.63, 3.8) is 0 Å². The molecule has 0 amide bonds. The first kappa shape index (κ1) is 14.7. The van der Waals surface area contributed by atoms with Crippen molar-refractivity contribution in [2.45, 2.75) is 6.92 Å². The average molecular weight is 402 g/mol. The number of aromatic nitrogens is 2. The van der Waals surface area contributed by atoms with Crippen molar-refractivity contribution in [2.75, 3.05) is 5.43 Å². The molecule has 104 valence electrons. The zero-order valence-corrected chi connectivity index (χ0v) is 13.5. The van der Waals surface area contributed by atoms with E-state index in [2.05, 4.69) is 52.4 Å². The number of nitrogens with zero attached hydrogens (tertiary/aromatic N) is 2. The van der Waals surface area contributed by atoms with Crippen LogP contribution in [-0.2, 0) is 0 Å². The number of phenols is 1. The molecule has 0 aliphatic rings. The Balaban J connectivity index is 2.16. The van der Waals surface area contributed by atoms with Crippen LogP contribution in [0.15, 0.2) is 37.0 Å². The smallest absolute Gasteiger partial charge is 0.252 e. The molecule has 20 heavy (non-hydrogen) atoms. The Morgan fingerprint density at radius 2 is 2.00 bits per heavy atom. The van der Waals surface area contributed by atoms with Gasteiger partial charge in [-0.25, -0.2) is 10.4 Å². The number of hydrogen-bond donors (Lipinski definition) is 3. The lowest BCUT2D eigenvalue weighted by atomic mass is 10.2. The standard InChI is InChI=1S/C12H10Br2N4O2/c1-6-2-10(19)17-12(16-6)18-15-5-7-3-8(13)11(20)9(14)4-7/h2-5,20H,1H3,(H2,16,17,18,19). The summed E-state index contributed by atoms with van der Waals surface area (Å²) >= 11 is 6.46. The summed E-state index contributed by atoms with van der Waals surface area (Å²) in [5, 5.41) is 13.6. The normalized spacial score (nSPS) is 10.9. The second-order valence-corrected chi connectivity index (χ2v) is 5.65. The Labute approximate surface area is 131 Å². The van der Waals surface area contributed by atoms with Gasteiger partial charge in [-0.05, 0) is 56.5 Å². The highest BCUT2D eigenvalue weighted by Gasteiger charge is 2.04. The Kier molecular flexibility index (Phi) is 4.56. The van der Waals surface area contributed by atoms with Crippen molar-refractivity contribution in [1.82, 2.24) is 9.97 Å². The van der Waals surface area contributed by atoms with Crippen molar-refractivity contribution >= 4 is 44.0 Å². The van der Waals surface area contributed by atoms with Crippen LogP contribution in [0.5, 0.6) is 5.75 Å². The third-order valence-corrected chi connectivity index (χ3v) is 3.50. The van der Waals surface area contributed by atoms with E-state index in [-0.39, 0.29) is 17.3 Å². The second-order valence-electron chi connectivity index (χ2n) is 3.94. The molecule has 0 spiro atoms. The molecule has 6 nitrogen and oxygen atoms in total. The third-order valence-electron chi connectivity index (χ3n) is 2.29. The lowest BCUT2D eigenvalue weighted by Gasteiger charge is -2.02. The third kappa shape index (κ3) is 3.67. The molecule has 0 saturated heterocycles. The van der Waals surface area contributed by atoms with Gasteiger partial charge in [0.1, 0.15) is 5.75 Å². The summed E-state index contributed by atoms with van der Waals surface area (Å²) in [4.78, 5) is 17.8. The molecule has 0 aliphatic heterocycles. The molecular weight excluding hydrogens is 392 g/mol. The molecule has 0 saturated carbocycles. The Hall–Kier alpha value is -1.67. The summed E-state index contributed by atoms with van der Waals surface area (Å²) in [6, 6.07) is 4.80. The van der Waals surface area contributed by atoms with Gasteiger partial charge in [-0.1, -0.05) is 0 Å². The van der Waals surface area contributed by atoms with Crippen molar-refractivity contribution in [2.24, 2.45) is 5.10 Å². The minimum atomic E-state index is -0.245. The molecule has 8 heteroatoms. The monoisotopic (exact) mass is 400 g/mol. The summed E-state index contributed by atoms with van der Waals surface area (Å²) in [5.74, 6) is 0.392. The van der Waals surface area contributed by atoms with Crippen LogP contribution in [0, 0.1) is 6.92 Å². The number of halogens is 2. The van der Waals surface area contributed by atoms with Crippen LogP contribution in [0.4, 0.5) is 5.95 Å². The van der Waals surface area contributed by atoms with E-state index in [1.54, 1.807) is 19.1 Å². The van der Waals surface area contributed by atoms with E-state index in [1.807, 2.05) is 0 Å². The summed E-state index contributed by atoms with van der Waals surface area (Å²) in [7, 11) is 0. The molecule has 1 aromatic carbocycles. The van der Waals surface area contributed by atoms with Crippen LogP contribution in [0.3, 0.4) is 0 Å². The predicted molar refractivity (Wildman–Crippen MR) is 84.3 cm³/mol. The zero-order valence-electron chi connectivity index (χ0n) is 10.3. The van der Waals surface area contributed by atoms with Gasteiger partial charge in [0.15, 0.2) is 0 Å². The summed E-state index contributed by atoms with van der Waals surface area (Å²) < 4.78 is 1.10. The van der Waals surface area contributed by atoms with E-state index in [0.717, 1.165) is 5.56 Å². The summed E-state index contributed by atoms with van der Waals surface area (Å²) in [6.45, 7) is 1.72. The van der Waals surface area contributed by atoms with Crippen LogP contribution in [0.2, 0.25) is 0 Å². The van der Waals surface area contributed by atoms with Gasteiger partial charge in [0, 0.05) is 11.8 Å². The number of aromatic amines is 1. The number of aryl methyl sites for hydroxylation is 1. The number of hydrogen-bond acceptors (Lipinski definition) is 5. The van der Waals surface area contributed by atoms with Gasteiger partial charge in [-0.2, -0.15) is 5.10 Å². The fourth-order valence-electron chi connectivity index (χ4n) is 1.46. The number of H-pyrrole nitrogens is 1. The first-order valence-corrected chi connectivity index (χ1v) is 7.09. The number of rotatable bonds is 3. The highest BCUT2D eigenvalue weighted by atomic mass is 79.9. The Morgan fingerprint density at radius 3 is 2.60 bits per heavy atom. The van der Waals surface area contributed by atoms with Crippen molar-refractivity contribution in [3.8, 4) is 5.75 Å². The largest absolute Gasteiger partial charge is 0.506 e. The highest BCUT2D eigenvalue weighted by Crippen LogP contribution is 2.32. The minimum absolute atomic E-state index is 0.125.